The van der Waals surface area contributed by atoms with Gasteiger partial charge >= 0.3 is 0 Å². The fraction of sp³-hybridized carbons (Fsp3) is 0.733. The molecule has 2 rings (SSSR count). The van der Waals surface area contributed by atoms with Gasteiger partial charge in [0.1, 0.15) is 10.7 Å². The standard InChI is InChI=1S/C15H26N4OS/c1-4-19(5-2)15-18-13(16)12(21-15)14(20)17-10(3)11-8-6-7-9-11/h10-11H,4-9,16H2,1-3H3,(H,17,20). The predicted molar refractivity (Wildman–Crippen MR) is 89.0 cm³/mol. The zero-order valence-electron chi connectivity index (χ0n) is 13.2. The molecule has 0 aromatic carbocycles. The van der Waals surface area contributed by atoms with Crippen molar-refractivity contribution < 1.29 is 4.79 Å². The van der Waals surface area contributed by atoms with Crippen LogP contribution in [-0.2, 0) is 0 Å². The second-order valence-electron chi connectivity index (χ2n) is 5.69. The van der Waals surface area contributed by atoms with Gasteiger partial charge in [-0.25, -0.2) is 4.98 Å². The fourth-order valence-corrected chi connectivity index (χ4v) is 3.98. The van der Waals surface area contributed by atoms with Crippen LogP contribution >= 0.6 is 11.3 Å². The molecule has 0 bridgehead atoms. The Morgan fingerprint density at radius 3 is 2.62 bits per heavy atom. The van der Waals surface area contributed by atoms with E-state index in [0.717, 1.165) is 18.2 Å². The highest BCUT2D eigenvalue weighted by molar-refractivity contribution is 7.18. The van der Waals surface area contributed by atoms with Crippen LogP contribution < -0.4 is 16.0 Å². The van der Waals surface area contributed by atoms with Crippen LogP contribution in [0, 0.1) is 5.92 Å². The zero-order valence-corrected chi connectivity index (χ0v) is 14.0. The second-order valence-corrected chi connectivity index (χ2v) is 6.67. The van der Waals surface area contributed by atoms with Gasteiger partial charge in [-0.3, -0.25) is 4.79 Å². The maximum absolute atomic E-state index is 12.4. The highest BCUT2D eigenvalue weighted by Gasteiger charge is 2.25. The van der Waals surface area contributed by atoms with Crippen LogP contribution in [0.25, 0.3) is 0 Å². The first kappa shape index (κ1) is 16.1. The quantitative estimate of drug-likeness (QED) is 0.847. The molecule has 6 heteroatoms. The van der Waals surface area contributed by atoms with E-state index in [4.69, 9.17) is 5.73 Å². The number of aromatic nitrogens is 1. The Morgan fingerprint density at radius 2 is 2.05 bits per heavy atom. The third-order valence-corrected chi connectivity index (χ3v) is 5.48. The van der Waals surface area contributed by atoms with E-state index >= 15 is 0 Å². The maximum Gasteiger partial charge on any atom is 0.265 e. The summed E-state index contributed by atoms with van der Waals surface area (Å²) in [6.07, 6.45) is 4.98. The van der Waals surface area contributed by atoms with Crippen molar-refractivity contribution in [2.24, 2.45) is 5.92 Å². The van der Waals surface area contributed by atoms with Gasteiger partial charge in [0.25, 0.3) is 5.91 Å². The third kappa shape index (κ3) is 3.67. The Morgan fingerprint density at radius 1 is 1.43 bits per heavy atom. The summed E-state index contributed by atoms with van der Waals surface area (Å²) < 4.78 is 0. The molecule has 1 fully saturated rings. The second kappa shape index (κ2) is 7.11. The number of carbonyl (C=O) groups is 1. The average molecular weight is 310 g/mol. The average Bonchev–Trinajstić information content (AvgIpc) is 3.10. The van der Waals surface area contributed by atoms with E-state index in [1.807, 2.05) is 0 Å². The maximum atomic E-state index is 12.4. The lowest BCUT2D eigenvalue weighted by atomic mass is 10.00. The molecule has 118 valence electrons. The minimum absolute atomic E-state index is 0.0807. The molecule has 0 aliphatic heterocycles. The zero-order chi connectivity index (χ0) is 15.4. The van der Waals surface area contributed by atoms with E-state index in [0.29, 0.717) is 16.6 Å². The number of nitrogen functional groups attached to an aromatic ring is 1. The topological polar surface area (TPSA) is 71.2 Å². The number of nitrogens with one attached hydrogen (secondary N) is 1. The van der Waals surface area contributed by atoms with Crippen molar-refractivity contribution in [3.8, 4) is 0 Å². The lowest BCUT2D eigenvalue weighted by Crippen LogP contribution is -2.37. The first-order valence-electron chi connectivity index (χ1n) is 7.88. The van der Waals surface area contributed by atoms with E-state index in [-0.39, 0.29) is 11.9 Å². The number of anilines is 2. The molecule has 1 aliphatic rings. The minimum Gasteiger partial charge on any atom is -0.382 e. The van der Waals surface area contributed by atoms with Gasteiger partial charge in [-0.15, -0.1) is 0 Å². The smallest absolute Gasteiger partial charge is 0.265 e. The van der Waals surface area contributed by atoms with Gasteiger partial charge in [-0.1, -0.05) is 24.2 Å². The number of carbonyl (C=O) groups excluding carboxylic acids is 1. The van der Waals surface area contributed by atoms with Crippen LogP contribution in [0.1, 0.15) is 56.1 Å². The molecule has 1 atom stereocenters. The molecule has 1 aliphatic carbocycles. The Kier molecular flexibility index (Phi) is 5.45. The number of hydrogen-bond donors (Lipinski definition) is 2. The molecular weight excluding hydrogens is 284 g/mol. The minimum atomic E-state index is -0.0807. The van der Waals surface area contributed by atoms with Crippen LogP contribution in [0.2, 0.25) is 0 Å². The van der Waals surface area contributed by atoms with E-state index in [1.54, 1.807) is 0 Å². The van der Waals surface area contributed by atoms with Crippen molar-refractivity contribution in [2.45, 2.75) is 52.5 Å². The van der Waals surface area contributed by atoms with Crippen LogP contribution in [-0.4, -0.2) is 30.0 Å². The first-order valence-corrected chi connectivity index (χ1v) is 8.70. The molecule has 1 saturated carbocycles. The van der Waals surface area contributed by atoms with Crippen molar-refractivity contribution in [3.05, 3.63) is 4.88 Å². The van der Waals surface area contributed by atoms with Gasteiger partial charge in [0.2, 0.25) is 0 Å². The van der Waals surface area contributed by atoms with Gasteiger partial charge in [0, 0.05) is 19.1 Å². The van der Waals surface area contributed by atoms with Gasteiger partial charge < -0.3 is 16.0 Å². The number of rotatable bonds is 6. The summed E-state index contributed by atoms with van der Waals surface area (Å²) in [5.74, 6) is 0.867. The van der Waals surface area contributed by atoms with Crippen molar-refractivity contribution in [1.82, 2.24) is 10.3 Å². The van der Waals surface area contributed by atoms with Crippen LogP contribution in [0.4, 0.5) is 10.9 Å². The van der Waals surface area contributed by atoms with Crippen molar-refractivity contribution in [3.63, 3.8) is 0 Å². The molecule has 3 N–H and O–H groups in total. The SMILES string of the molecule is CCN(CC)c1nc(N)c(C(=O)NC(C)C2CCCC2)s1. The van der Waals surface area contributed by atoms with Gasteiger partial charge in [0.05, 0.1) is 0 Å². The Labute approximate surface area is 130 Å². The van der Waals surface area contributed by atoms with E-state index in [2.05, 4.69) is 36.0 Å². The summed E-state index contributed by atoms with van der Waals surface area (Å²) in [7, 11) is 0. The normalized spacial score (nSPS) is 16.9. The molecule has 5 nitrogen and oxygen atoms in total. The molecule has 21 heavy (non-hydrogen) atoms. The van der Waals surface area contributed by atoms with Crippen molar-refractivity contribution >= 4 is 28.2 Å². The van der Waals surface area contributed by atoms with Crippen molar-refractivity contribution in [1.29, 1.82) is 0 Å². The number of thiazole rings is 1. The van der Waals surface area contributed by atoms with Crippen molar-refractivity contribution in [2.75, 3.05) is 23.7 Å². The molecule has 1 aromatic heterocycles. The van der Waals surface area contributed by atoms with E-state index in [9.17, 15) is 4.79 Å². The van der Waals surface area contributed by atoms with E-state index < -0.39 is 0 Å². The summed E-state index contributed by atoms with van der Waals surface area (Å²) >= 11 is 1.39. The molecular formula is C15H26N4OS. The largest absolute Gasteiger partial charge is 0.382 e. The summed E-state index contributed by atoms with van der Waals surface area (Å²) in [4.78, 5) is 19.4. The van der Waals surface area contributed by atoms with Gasteiger partial charge in [-0.05, 0) is 39.5 Å². The molecule has 1 aromatic rings. The van der Waals surface area contributed by atoms with Crippen LogP contribution in [0.3, 0.4) is 0 Å². The van der Waals surface area contributed by atoms with Crippen LogP contribution in [0.15, 0.2) is 0 Å². The monoisotopic (exact) mass is 310 g/mol. The predicted octanol–water partition coefficient (Wildman–Crippen LogP) is 2.88. The highest BCUT2D eigenvalue weighted by atomic mass is 32.1. The Balaban J connectivity index is 2.04. The fourth-order valence-electron chi connectivity index (χ4n) is 2.96. The number of hydrogen-bond acceptors (Lipinski definition) is 5. The van der Waals surface area contributed by atoms with Gasteiger partial charge in [-0.2, -0.15) is 0 Å². The molecule has 0 saturated heterocycles. The van der Waals surface area contributed by atoms with E-state index in [1.165, 1.54) is 37.0 Å². The third-order valence-electron chi connectivity index (χ3n) is 4.35. The lowest BCUT2D eigenvalue weighted by Gasteiger charge is -2.20. The summed E-state index contributed by atoms with van der Waals surface area (Å²) in [6, 6.07) is 0.207. The van der Waals surface area contributed by atoms with Gasteiger partial charge in [0.15, 0.2) is 5.13 Å². The number of nitrogens with zero attached hydrogens (tertiary/aromatic N) is 2. The molecule has 0 spiro atoms. The Bertz CT molecular complexity index is 478. The number of nitrogens with two attached hydrogens (primary N) is 1. The Hall–Kier alpha value is -1.30. The molecule has 1 heterocycles. The highest BCUT2D eigenvalue weighted by Crippen LogP contribution is 2.30. The molecule has 0 radical (unpaired) electrons. The summed E-state index contributed by atoms with van der Waals surface area (Å²) in [6.45, 7) is 7.97. The molecule has 1 unspecified atom stereocenters. The lowest BCUT2D eigenvalue weighted by molar-refractivity contribution is 0.0932. The summed E-state index contributed by atoms with van der Waals surface area (Å²) in [5, 5.41) is 3.93. The molecule has 1 amide bonds. The number of amides is 1. The first-order chi connectivity index (χ1) is 10.1. The van der Waals surface area contributed by atoms with Crippen LogP contribution in [0.5, 0.6) is 0 Å². The summed E-state index contributed by atoms with van der Waals surface area (Å²) in [5.41, 5.74) is 5.93.